The summed E-state index contributed by atoms with van der Waals surface area (Å²) in [7, 11) is 0. The summed E-state index contributed by atoms with van der Waals surface area (Å²) >= 11 is 0. The van der Waals surface area contributed by atoms with Gasteiger partial charge in [-0.3, -0.25) is 19.3 Å². The first-order valence-electron chi connectivity index (χ1n) is 16.7. The first kappa shape index (κ1) is 31.3. The van der Waals surface area contributed by atoms with E-state index in [0.717, 1.165) is 38.4 Å². The van der Waals surface area contributed by atoms with Crippen LogP contribution in [0, 0.1) is 0 Å². The van der Waals surface area contributed by atoms with Gasteiger partial charge in [-0.25, -0.2) is 0 Å². The van der Waals surface area contributed by atoms with Gasteiger partial charge in [0.25, 0.3) is 0 Å². The van der Waals surface area contributed by atoms with Crippen molar-refractivity contribution in [2.24, 2.45) is 0 Å². The summed E-state index contributed by atoms with van der Waals surface area (Å²) in [6, 6.07) is 48.9. The molecule has 0 spiro atoms. The lowest BCUT2D eigenvalue weighted by Crippen LogP contribution is -2.58. The monoisotopic (exact) mass is 632 g/mol. The maximum absolute atomic E-state index is 14.3. The summed E-state index contributed by atoms with van der Waals surface area (Å²) in [6.45, 7) is 6.18. The molecule has 1 unspecified atom stereocenters. The number of amides is 3. The molecule has 240 valence electrons. The molecular formula is C43H40N2O3. The minimum atomic E-state index is -0.660. The Balaban J connectivity index is 1.51. The second-order valence-corrected chi connectivity index (χ2v) is 13.9. The van der Waals surface area contributed by atoms with Crippen LogP contribution in [-0.2, 0) is 25.2 Å². The normalized spacial score (nSPS) is 18.9. The Kier molecular flexibility index (Phi) is 7.87. The molecule has 7 rings (SSSR count). The van der Waals surface area contributed by atoms with E-state index in [1.807, 2.05) is 29.2 Å². The van der Waals surface area contributed by atoms with Crippen molar-refractivity contribution in [1.29, 1.82) is 0 Å². The third kappa shape index (κ3) is 5.05. The topological polar surface area (TPSA) is 57.7 Å². The molecule has 2 heterocycles. The maximum atomic E-state index is 14.3. The molecule has 2 aliphatic rings. The SMILES string of the molecule is CC1(c2ccccc2)CC(C)(C)N(C(=O)CN2C(=O)CCC2=O)c2ccc(C(c3ccccc3)(c3ccccc3)c3ccccc3)cc21. The molecule has 1 fully saturated rings. The van der Waals surface area contributed by atoms with E-state index in [0.29, 0.717) is 6.42 Å². The molecule has 0 aliphatic carbocycles. The quantitative estimate of drug-likeness (QED) is 0.135. The number of nitrogens with zero attached hydrogens (tertiary/aromatic N) is 2. The summed E-state index contributed by atoms with van der Waals surface area (Å²) in [5, 5.41) is 0. The zero-order chi connectivity index (χ0) is 33.5. The summed E-state index contributed by atoms with van der Waals surface area (Å²) in [6.07, 6.45) is 0.952. The van der Waals surface area contributed by atoms with E-state index in [1.165, 1.54) is 5.56 Å². The number of carbonyl (C=O) groups is 3. The van der Waals surface area contributed by atoms with Gasteiger partial charge in [-0.15, -0.1) is 0 Å². The largest absolute Gasteiger partial charge is 0.305 e. The molecule has 48 heavy (non-hydrogen) atoms. The van der Waals surface area contributed by atoms with Crippen molar-refractivity contribution in [3.05, 3.63) is 173 Å². The zero-order valence-electron chi connectivity index (χ0n) is 27.7. The van der Waals surface area contributed by atoms with Crippen LogP contribution >= 0.6 is 0 Å². The van der Waals surface area contributed by atoms with E-state index in [2.05, 4.69) is 136 Å². The third-order valence-corrected chi connectivity index (χ3v) is 10.4. The van der Waals surface area contributed by atoms with Crippen LogP contribution in [0.1, 0.15) is 73.4 Å². The van der Waals surface area contributed by atoms with Crippen molar-refractivity contribution in [1.82, 2.24) is 4.90 Å². The molecule has 5 aromatic carbocycles. The van der Waals surface area contributed by atoms with Crippen molar-refractivity contribution in [3.8, 4) is 0 Å². The van der Waals surface area contributed by atoms with E-state index in [1.54, 1.807) is 0 Å². The summed E-state index contributed by atoms with van der Waals surface area (Å²) in [4.78, 5) is 42.4. The number of hydrogen-bond donors (Lipinski definition) is 0. The number of benzene rings is 5. The molecule has 5 heteroatoms. The molecular weight excluding hydrogens is 592 g/mol. The lowest BCUT2D eigenvalue weighted by Gasteiger charge is -2.52. The van der Waals surface area contributed by atoms with Crippen LogP contribution in [0.25, 0.3) is 0 Å². The zero-order valence-corrected chi connectivity index (χ0v) is 27.7. The van der Waals surface area contributed by atoms with Crippen LogP contribution < -0.4 is 4.90 Å². The molecule has 0 saturated carbocycles. The van der Waals surface area contributed by atoms with Crippen molar-refractivity contribution >= 4 is 23.4 Å². The number of hydrogen-bond acceptors (Lipinski definition) is 3. The van der Waals surface area contributed by atoms with Crippen LogP contribution in [0.4, 0.5) is 5.69 Å². The molecule has 5 nitrogen and oxygen atoms in total. The molecule has 0 bridgehead atoms. The predicted molar refractivity (Wildman–Crippen MR) is 190 cm³/mol. The Bertz CT molecular complexity index is 1860. The van der Waals surface area contributed by atoms with Crippen LogP contribution in [-0.4, -0.2) is 34.7 Å². The smallest absolute Gasteiger partial charge is 0.247 e. The van der Waals surface area contributed by atoms with Crippen LogP contribution in [0.15, 0.2) is 140 Å². The van der Waals surface area contributed by atoms with Gasteiger partial charge in [0.15, 0.2) is 0 Å². The van der Waals surface area contributed by atoms with Gasteiger partial charge in [0, 0.05) is 29.5 Å². The van der Waals surface area contributed by atoms with E-state index < -0.39 is 16.4 Å². The lowest BCUT2D eigenvalue weighted by molar-refractivity contribution is -0.142. The highest BCUT2D eigenvalue weighted by molar-refractivity contribution is 6.07. The van der Waals surface area contributed by atoms with Gasteiger partial charge < -0.3 is 4.90 Å². The van der Waals surface area contributed by atoms with Crippen molar-refractivity contribution in [3.63, 3.8) is 0 Å². The summed E-state index contributed by atoms with van der Waals surface area (Å²) < 4.78 is 0. The molecule has 0 radical (unpaired) electrons. The lowest BCUT2D eigenvalue weighted by atomic mass is 9.61. The summed E-state index contributed by atoms with van der Waals surface area (Å²) in [5.41, 5.74) is 5.77. The number of fused-ring (bicyclic) bond motifs is 1. The molecule has 0 N–H and O–H groups in total. The highest BCUT2D eigenvalue weighted by atomic mass is 16.2. The molecule has 0 aromatic heterocycles. The molecule has 1 saturated heterocycles. The van der Waals surface area contributed by atoms with Gasteiger partial charge in [0.05, 0.1) is 5.41 Å². The van der Waals surface area contributed by atoms with Gasteiger partial charge in [-0.1, -0.05) is 140 Å². The molecule has 3 amide bonds. The third-order valence-electron chi connectivity index (χ3n) is 10.4. The van der Waals surface area contributed by atoms with E-state index in [9.17, 15) is 14.4 Å². The van der Waals surface area contributed by atoms with Crippen LogP contribution in [0.5, 0.6) is 0 Å². The number of likely N-dealkylation sites (tertiary alicyclic amines) is 1. The Morgan fingerprint density at radius 2 is 1.08 bits per heavy atom. The number of imide groups is 1. The highest BCUT2D eigenvalue weighted by Crippen LogP contribution is 2.53. The van der Waals surface area contributed by atoms with Gasteiger partial charge >= 0.3 is 0 Å². The number of carbonyl (C=O) groups excluding carboxylic acids is 3. The average Bonchev–Trinajstić information content (AvgIpc) is 3.42. The maximum Gasteiger partial charge on any atom is 0.247 e. The van der Waals surface area contributed by atoms with Gasteiger partial charge in [0.1, 0.15) is 6.54 Å². The Labute approximate surface area is 282 Å². The first-order valence-corrected chi connectivity index (χ1v) is 16.7. The fraction of sp³-hybridized carbons (Fsp3) is 0.233. The fourth-order valence-electron chi connectivity index (χ4n) is 8.38. The molecule has 1 atom stereocenters. The average molecular weight is 633 g/mol. The van der Waals surface area contributed by atoms with Gasteiger partial charge in [-0.2, -0.15) is 0 Å². The predicted octanol–water partition coefficient (Wildman–Crippen LogP) is 8.04. The Morgan fingerprint density at radius 1 is 0.625 bits per heavy atom. The van der Waals surface area contributed by atoms with Crippen LogP contribution in [0.2, 0.25) is 0 Å². The minimum Gasteiger partial charge on any atom is -0.305 e. The second kappa shape index (κ2) is 12.1. The standard InChI is InChI=1S/C43H40N2O3/c1-41(2)30-42(3,31-16-8-4-9-17-31)36-28-35(24-25-37(36)45(41)40(48)29-44-38(46)26-27-39(44)47)43(32-18-10-5-11-19-32,33-20-12-6-13-21-33)34-22-14-7-15-23-34/h4-25,28H,26-27,29-30H2,1-3H3. The summed E-state index contributed by atoms with van der Waals surface area (Å²) in [5.74, 6) is -0.828. The second-order valence-electron chi connectivity index (χ2n) is 13.9. The number of rotatable bonds is 7. The molecule has 2 aliphatic heterocycles. The minimum absolute atomic E-state index is 0.155. The highest BCUT2D eigenvalue weighted by Gasteiger charge is 2.50. The van der Waals surface area contributed by atoms with Crippen molar-refractivity contribution < 1.29 is 14.4 Å². The first-order chi connectivity index (χ1) is 23.2. The van der Waals surface area contributed by atoms with E-state index in [-0.39, 0.29) is 37.1 Å². The Morgan fingerprint density at radius 3 is 1.56 bits per heavy atom. The van der Waals surface area contributed by atoms with E-state index >= 15 is 0 Å². The molecule has 5 aromatic rings. The van der Waals surface area contributed by atoms with Gasteiger partial charge in [-0.05, 0) is 59.7 Å². The Hall–Kier alpha value is -5.29. The number of anilines is 1. The van der Waals surface area contributed by atoms with Gasteiger partial charge in [0.2, 0.25) is 17.7 Å². The van der Waals surface area contributed by atoms with Crippen molar-refractivity contribution in [2.75, 3.05) is 11.4 Å². The van der Waals surface area contributed by atoms with Crippen LogP contribution in [0.3, 0.4) is 0 Å². The van der Waals surface area contributed by atoms with E-state index in [4.69, 9.17) is 0 Å². The van der Waals surface area contributed by atoms with Crippen molar-refractivity contribution in [2.45, 2.75) is 56.4 Å². The fourth-order valence-corrected chi connectivity index (χ4v) is 8.38.